The SMILES string of the molecule is CCCC1CN(Cc2cccnc2OC)C(C)(CC)CN1. The molecule has 2 atom stereocenters. The lowest BCUT2D eigenvalue weighted by Crippen LogP contribution is -2.62. The first-order valence-corrected chi connectivity index (χ1v) is 8.09. The zero-order valence-electron chi connectivity index (χ0n) is 13.9. The molecule has 2 rings (SSSR count). The summed E-state index contributed by atoms with van der Waals surface area (Å²) in [4.78, 5) is 6.93. The van der Waals surface area contributed by atoms with Gasteiger partial charge in [0, 0.05) is 43.0 Å². The number of piperazine rings is 1. The maximum absolute atomic E-state index is 5.41. The van der Waals surface area contributed by atoms with Crippen LogP contribution in [-0.4, -0.2) is 41.7 Å². The molecule has 1 N–H and O–H groups in total. The molecular formula is C17H29N3O. The van der Waals surface area contributed by atoms with E-state index in [-0.39, 0.29) is 5.54 Å². The Labute approximate surface area is 128 Å². The highest BCUT2D eigenvalue weighted by Crippen LogP contribution is 2.28. The summed E-state index contributed by atoms with van der Waals surface area (Å²) in [6.45, 7) is 9.93. The number of rotatable bonds is 6. The van der Waals surface area contributed by atoms with Crippen molar-refractivity contribution in [3.8, 4) is 5.88 Å². The van der Waals surface area contributed by atoms with Gasteiger partial charge < -0.3 is 10.1 Å². The molecule has 2 heterocycles. The first-order chi connectivity index (χ1) is 10.1. The van der Waals surface area contributed by atoms with E-state index >= 15 is 0 Å². The van der Waals surface area contributed by atoms with Crippen molar-refractivity contribution in [1.82, 2.24) is 15.2 Å². The Kier molecular flexibility index (Phi) is 5.59. The van der Waals surface area contributed by atoms with Gasteiger partial charge in [0.15, 0.2) is 0 Å². The minimum atomic E-state index is 0.199. The summed E-state index contributed by atoms with van der Waals surface area (Å²) in [7, 11) is 1.70. The second kappa shape index (κ2) is 7.23. The maximum Gasteiger partial charge on any atom is 0.217 e. The van der Waals surface area contributed by atoms with Gasteiger partial charge in [-0.05, 0) is 25.8 Å². The molecule has 0 amide bonds. The Balaban J connectivity index is 2.16. The summed E-state index contributed by atoms with van der Waals surface area (Å²) in [5.41, 5.74) is 1.38. The van der Waals surface area contributed by atoms with Crippen LogP contribution in [0.5, 0.6) is 5.88 Å². The van der Waals surface area contributed by atoms with Crippen LogP contribution in [-0.2, 0) is 6.54 Å². The van der Waals surface area contributed by atoms with Crippen molar-refractivity contribution in [2.75, 3.05) is 20.2 Å². The monoisotopic (exact) mass is 291 g/mol. The van der Waals surface area contributed by atoms with Gasteiger partial charge in [-0.25, -0.2) is 4.98 Å². The molecule has 4 heteroatoms. The van der Waals surface area contributed by atoms with Crippen molar-refractivity contribution in [3.05, 3.63) is 23.9 Å². The predicted molar refractivity (Wildman–Crippen MR) is 86.6 cm³/mol. The number of aromatic nitrogens is 1. The molecule has 0 aromatic carbocycles. The molecule has 21 heavy (non-hydrogen) atoms. The van der Waals surface area contributed by atoms with Crippen LogP contribution < -0.4 is 10.1 Å². The molecule has 1 saturated heterocycles. The summed E-state index contributed by atoms with van der Waals surface area (Å²) >= 11 is 0. The molecule has 0 bridgehead atoms. The van der Waals surface area contributed by atoms with Crippen LogP contribution in [0.3, 0.4) is 0 Å². The number of nitrogens with zero attached hydrogens (tertiary/aromatic N) is 2. The summed E-state index contributed by atoms with van der Waals surface area (Å²) < 4.78 is 5.41. The largest absolute Gasteiger partial charge is 0.481 e. The lowest BCUT2D eigenvalue weighted by Gasteiger charge is -2.48. The highest BCUT2D eigenvalue weighted by Gasteiger charge is 2.36. The van der Waals surface area contributed by atoms with E-state index in [9.17, 15) is 0 Å². The minimum Gasteiger partial charge on any atom is -0.481 e. The molecule has 118 valence electrons. The fourth-order valence-corrected chi connectivity index (χ4v) is 3.11. The molecule has 4 nitrogen and oxygen atoms in total. The molecule has 0 radical (unpaired) electrons. The summed E-state index contributed by atoms with van der Waals surface area (Å²) in [5.74, 6) is 0.751. The molecule has 0 saturated carbocycles. The van der Waals surface area contributed by atoms with Gasteiger partial charge in [-0.15, -0.1) is 0 Å². The fraction of sp³-hybridized carbons (Fsp3) is 0.706. The van der Waals surface area contributed by atoms with Crippen molar-refractivity contribution in [3.63, 3.8) is 0 Å². The van der Waals surface area contributed by atoms with E-state index in [0.29, 0.717) is 6.04 Å². The normalized spacial score (nSPS) is 26.8. The van der Waals surface area contributed by atoms with Gasteiger partial charge in [-0.3, -0.25) is 4.90 Å². The van der Waals surface area contributed by atoms with E-state index in [1.165, 1.54) is 18.4 Å². The Hall–Kier alpha value is -1.13. The molecule has 0 spiro atoms. The van der Waals surface area contributed by atoms with Crippen LogP contribution in [0, 0.1) is 0 Å². The van der Waals surface area contributed by atoms with Gasteiger partial charge in [0.05, 0.1) is 7.11 Å². The smallest absolute Gasteiger partial charge is 0.217 e. The zero-order valence-corrected chi connectivity index (χ0v) is 13.9. The van der Waals surface area contributed by atoms with Crippen molar-refractivity contribution in [1.29, 1.82) is 0 Å². The van der Waals surface area contributed by atoms with Crippen LogP contribution >= 0.6 is 0 Å². The Bertz CT molecular complexity index is 451. The third kappa shape index (κ3) is 3.74. The first-order valence-electron chi connectivity index (χ1n) is 8.09. The molecule has 1 aliphatic rings. The van der Waals surface area contributed by atoms with Crippen LogP contribution in [0.1, 0.15) is 45.6 Å². The van der Waals surface area contributed by atoms with Gasteiger partial charge in [-0.1, -0.05) is 26.3 Å². The van der Waals surface area contributed by atoms with Crippen molar-refractivity contribution < 1.29 is 4.74 Å². The zero-order chi connectivity index (χ0) is 15.3. The average molecular weight is 291 g/mol. The third-order valence-electron chi connectivity index (χ3n) is 4.78. The number of ether oxygens (including phenoxy) is 1. The third-order valence-corrected chi connectivity index (χ3v) is 4.78. The van der Waals surface area contributed by atoms with Gasteiger partial charge in [0.2, 0.25) is 5.88 Å². The first kappa shape index (κ1) is 16.2. The van der Waals surface area contributed by atoms with E-state index in [1.807, 2.05) is 6.07 Å². The Morgan fingerprint density at radius 2 is 2.29 bits per heavy atom. The lowest BCUT2D eigenvalue weighted by atomic mass is 9.90. The van der Waals surface area contributed by atoms with Gasteiger partial charge in [0.1, 0.15) is 0 Å². The highest BCUT2D eigenvalue weighted by molar-refractivity contribution is 5.25. The van der Waals surface area contributed by atoms with Crippen LogP contribution in [0.15, 0.2) is 18.3 Å². The van der Waals surface area contributed by atoms with E-state index in [0.717, 1.165) is 31.9 Å². The number of hydrogen-bond acceptors (Lipinski definition) is 4. The van der Waals surface area contributed by atoms with Crippen LogP contribution in [0.2, 0.25) is 0 Å². The summed E-state index contributed by atoms with van der Waals surface area (Å²) in [6, 6.07) is 4.71. The quantitative estimate of drug-likeness (QED) is 0.874. The van der Waals surface area contributed by atoms with Crippen LogP contribution in [0.25, 0.3) is 0 Å². The number of nitrogens with one attached hydrogen (secondary N) is 1. The van der Waals surface area contributed by atoms with Gasteiger partial charge >= 0.3 is 0 Å². The summed E-state index contributed by atoms with van der Waals surface area (Å²) in [5, 5.41) is 3.72. The molecule has 0 aliphatic carbocycles. The number of pyridine rings is 1. The van der Waals surface area contributed by atoms with Crippen molar-refractivity contribution >= 4 is 0 Å². The van der Waals surface area contributed by atoms with Gasteiger partial charge in [0.25, 0.3) is 0 Å². The molecule has 1 aromatic rings. The number of hydrogen-bond donors (Lipinski definition) is 1. The summed E-state index contributed by atoms with van der Waals surface area (Å²) in [6.07, 6.45) is 5.39. The number of methoxy groups -OCH3 is 1. The fourth-order valence-electron chi connectivity index (χ4n) is 3.11. The van der Waals surface area contributed by atoms with Crippen LogP contribution in [0.4, 0.5) is 0 Å². The predicted octanol–water partition coefficient (Wildman–Crippen LogP) is 2.83. The van der Waals surface area contributed by atoms with E-state index in [4.69, 9.17) is 4.74 Å². The molecule has 1 fully saturated rings. The molecule has 1 aromatic heterocycles. The van der Waals surface area contributed by atoms with E-state index in [2.05, 4.69) is 42.0 Å². The lowest BCUT2D eigenvalue weighted by molar-refractivity contribution is 0.0389. The topological polar surface area (TPSA) is 37.4 Å². The van der Waals surface area contributed by atoms with Crippen molar-refractivity contribution in [2.45, 2.75) is 58.2 Å². The van der Waals surface area contributed by atoms with Crippen molar-refractivity contribution in [2.24, 2.45) is 0 Å². The molecule has 2 unspecified atom stereocenters. The highest BCUT2D eigenvalue weighted by atomic mass is 16.5. The van der Waals surface area contributed by atoms with Gasteiger partial charge in [-0.2, -0.15) is 0 Å². The standard InChI is InChI=1S/C17H29N3O/c1-5-8-15-12-20(17(3,6-2)13-19-15)11-14-9-7-10-18-16(14)21-4/h7,9-10,15,19H,5-6,8,11-13H2,1-4H3. The second-order valence-electron chi connectivity index (χ2n) is 6.27. The molecule has 1 aliphatic heterocycles. The van der Waals surface area contributed by atoms with E-state index in [1.54, 1.807) is 13.3 Å². The average Bonchev–Trinajstić information content (AvgIpc) is 2.51. The maximum atomic E-state index is 5.41. The van der Waals surface area contributed by atoms with E-state index < -0.39 is 0 Å². The molecular weight excluding hydrogens is 262 g/mol. The Morgan fingerprint density at radius 3 is 2.95 bits per heavy atom. The second-order valence-corrected chi connectivity index (χ2v) is 6.27. The Morgan fingerprint density at radius 1 is 1.48 bits per heavy atom. The minimum absolute atomic E-state index is 0.199.